The van der Waals surface area contributed by atoms with Gasteiger partial charge < -0.3 is 0 Å². The lowest BCUT2D eigenvalue weighted by Gasteiger charge is -2.24. The summed E-state index contributed by atoms with van der Waals surface area (Å²) in [6, 6.07) is 9.02. The van der Waals surface area contributed by atoms with Crippen LogP contribution in [0.4, 0.5) is 0 Å². The van der Waals surface area contributed by atoms with Crippen LogP contribution in [0.5, 0.6) is 0 Å². The number of aryl methyl sites for hydroxylation is 1. The van der Waals surface area contributed by atoms with Crippen LogP contribution in [0, 0.1) is 11.8 Å². The Labute approximate surface area is 114 Å². The fraction of sp³-hybridized carbons (Fsp3) is 0.667. The Bertz CT molecular complexity index is 336. The molecule has 1 rings (SSSR count). The zero-order valence-corrected chi connectivity index (χ0v) is 12.9. The van der Waals surface area contributed by atoms with Gasteiger partial charge in [-0.05, 0) is 41.7 Å². The van der Waals surface area contributed by atoms with Gasteiger partial charge in [0.15, 0.2) is 0 Å². The molecule has 0 aliphatic heterocycles. The van der Waals surface area contributed by atoms with E-state index in [1.165, 1.54) is 19.3 Å². The van der Waals surface area contributed by atoms with Gasteiger partial charge in [0.1, 0.15) is 0 Å². The number of hydrogen-bond acceptors (Lipinski definition) is 0. The van der Waals surface area contributed by atoms with Gasteiger partial charge in [-0.1, -0.05) is 71.7 Å². The molecular weight excluding hydrogens is 216 g/mol. The maximum Gasteiger partial charge on any atom is -0.0136 e. The van der Waals surface area contributed by atoms with Crippen molar-refractivity contribution in [3.63, 3.8) is 0 Å². The smallest absolute Gasteiger partial charge is 0.0136 e. The zero-order valence-electron chi connectivity index (χ0n) is 12.9. The molecular formula is C18H30. The molecule has 0 fully saturated rings. The maximum atomic E-state index is 2.37. The molecule has 0 aliphatic rings. The van der Waals surface area contributed by atoms with Crippen molar-refractivity contribution in [2.45, 2.75) is 66.2 Å². The summed E-state index contributed by atoms with van der Waals surface area (Å²) in [7, 11) is 0. The minimum atomic E-state index is 0.736. The summed E-state index contributed by atoms with van der Waals surface area (Å²) in [5.74, 6) is 2.31. The Kier molecular flexibility index (Phi) is 6.46. The van der Waals surface area contributed by atoms with Crippen molar-refractivity contribution in [3.05, 3.63) is 35.4 Å². The summed E-state index contributed by atoms with van der Waals surface area (Å²) in [5.41, 5.74) is 3.14. The molecule has 1 unspecified atom stereocenters. The fourth-order valence-electron chi connectivity index (χ4n) is 2.81. The predicted octanol–water partition coefficient (Wildman–Crippen LogP) is 5.81. The van der Waals surface area contributed by atoms with Gasteiger partial charge in [0, 0.05) is 0 Å². The summed E-state index contributed by atoms with van der Waals surface area (Å²) >= 11 is 0. The fourth-order valence-corrected chi connectivity index (χ4v) is 2.81. The van der Waals surface area contributed by atoms with Crippen molar-refractivity contribution in [1.29, 1.82) is 0 Å². The highest BCUT2D eigenvalue weighted by Gasteiger charge is 2.17. The highest BCUT2D eigenvalue weighted by molar-refractivity contribution is 5.30. The second-order valence-electron chi connectivity index (χ2n) is 6.23. The molecule has 1 aromatic carbocycles. The average molecular weight is 246 g/mol. The monoisotopic (exact) mass is 246 g/mol. The molecule has 1 atom stereocenters. The van der Waals surface area contributed by atoms with Gasteiger partial charge in [0.25, 0.3) is 0 Å². The van der Waals surface area contributed by atoms with Gasteiger partial charge in [-0.3, -0.25) is 0 Å². The molecule has 0 aromatic heterocycles. The summed E-state index contributed by atoms with van der Waals surface area (Å²) in [6.45, 7) is 11.7. The van der Waals surface area contributed by atoms with Gasteiger partial charge in [0.2, 0.25) is 0 Å². The molecule has 0 aliphatic carbocycles. The van der Waals surface area contributed by atoms with E-state index in [0.29, 0.717) is 0 Å². The van der Waals surface area contributed by atoms with Crippen LogP contribution in [0.2, 0.25) is 0 Å². The highest BCUT2D eigenvalue weighted by atomic mass is 14.2. The molecule has 0 bridgehead atoms. The molecule has 0 N–H and O–H groups in total. The molecule has 0 nitrogen and oxygen atoms in total. The van der Waals surface area contributed by atoms with Crippen LogP contribution in [0.1, 0.15) is 70.9 Å². The maximum absolute atomic E-state index is 2.37. The Morgan fingerprint density at radius 2 is 1.61 bits per heavy atom. The first-order valence-electron chi connectivity index (χ1n) is 7.64. The third kappa shape index (κ3) is 4.48. The Hall–Kier alpha value is -0.780. The Balaban J connectivity index is 2.77. The molecule has 0 heterocycles. The molecule has 0 saturated carbocycles. The first-order chi connectivity index (χ1) is 8.56. The van der Waals surface area contributed by atoms with Crippen molar-refractivity contribution in [3.8, 4) is 0 Å². The van der Waals surface area contributed by atoms with Crippen LogP contribution in [-0.2, 0) is 6.42 Å². The average Bonchev–Trinajstić information content (AvgIpc) is 2.34. The van der Waals surface area contributed by atoms with Crippen molar-refractivity contribution >= 4 is 0 Å². The quantitative estimate of drug-likeness (QED) is 0.569. The summed E-state index contributed by atoms with van der Waals surface area (Å²) < 4.78 is 0. The lowest BCUT2D eigenvalue weighted by Crippen LogP contribution is -2.10. The highest BCUT2D eigenvalue weighted by Crippen LogP contribution is 2.32. The van der Waals surface area contributed by atoms with Gasteiger partial charge >= 0.3 is 0 Å². The van der Waals surface area contributed by atoms with E-state index in [2.05, 4.69) is 58.9 Å². The van der Waals surface area contributed by atoms with E-state index in [-0.39, 0.29) is 0 Å². The Morgan fingerprint density at radius 1 is 0.944 bits per heavy atom. The summed E-state index contributed by atoms with van der Waals surface area (Å²) in [6.07, 6.45) is 5.21. The van der Waals surface area contributed by atoms with Crippen LogP contribution in [0.25, 0.3) is 0 Å². The zero-order chi connectivity index (χ0) is 13.5. The van der Waals surface area contributed by atoms with Crippen LogP contribution in [-0.4, -0.2) is 0 Å². The van der Waals surface area contributed by atoms with E-state index in [4.69, 9.17) is 0 Å². The Morgan fingerprint density at radius 3 is 2.17 bits per heavy atom. The van der Waals surface area contributed by atoms with Crippen LogP contribution >= 0.6 is 0 Å². The molecule has 0 amide bonds. The van der Waals surface area contributed by atoms with Gasteiger partial charge in [-0.25, -0.2) is 0 Å². The standard InChI is InChI=1S/C18H30/c1-6-16-11-7-8-12-18(16)17(15(4)5)13-9-10-14(2)3/h7-8,11-12,14-15,17H,6,9-10,13H2,1-5H3. The first kappa shape index (κ1) is 15.3. The minimum Gasteiger partial charge on any atom is -0.0628 e. The normalized spacial score (nSPS) is 13.3. The summed E-state index contributed by atoms with van der Waals surface area (Å²) in [5, 5.41) is 0. The van der Waals surface area contributed by atoms with E-state index in [1.807, 2.05) is 0 Å². The molecule has 18 heavy (non-hydrogen) atoms. The lowest BCUT2D eigenvalue weighted by atomic mass is 9.81. The van der Waals surface area contributed by atoms with Gasteiger partial charge in [-0.15, -0.1) is 0 Å². The minimum absolute atomic E-state index is 0.736. The predicted molar refractivity (Wildman–Crippen MR) is 82.1 cm³/mol. The number of benzene rings is 1. The molecule has 0 spiro atoms. The lowest BCUT2D eigenvalue weighted by molar-refractivity contribution is 0.425. The van der Waals surface area contributed by atoms with Crippen molar-refractivity contribution < 1.29 is 0 Å². The van der Waals surface area contributed by atoms with E-state index >= 15 is 0 Å². The van der Waals surface area contributed by atoms with Crippen molar-refractivity contribution in [2.75, 3.05) is 0 Å². The number of rotatable bonds is 7. The van der Waals surface area contributed by atoms with Crippen LogP contribution < -0.4 is 0 Å². The van der Waals surface area contributed by atoms with Gasteiger partial charge in [0.05, 0.1) is 0 Å². The van der Waals surface area contributed by atoms with Crippen LogP contribution in [0.15, 0.2) is 24.3 Å². The second-order valence-corrected chi connectivity index (χ2v) is 6.23. The largest absolute Gasteiger partial charge is 0.0628 e. The van der Waals surface area contributed by atoms with E-state index < -0.39 is 0 Å². The van der Waals surface area contributed by atoms with Crippen molar-refractivity contribution in [2.24, 2.45) is 11.8 Å². The third-order valence-electron chi connectivity index (χ3n) is 3.94. The SMILES string of the molecule is CCc1ccccc1C(CCCC(C)C)C(C)C. The van der Waals surface area contributed by atoms with E-state index in [1.54, 1.807) is 11.1 Å². The topological polar surface area (TPSA) is 0 Å². The van der Waals surface area contributed by atoms with Gasteiger partial charge in [-0.2, -0.15) is 0 Å². The molecule has 0 heteroatoms. The van der Waals surface area contributed by atoms with E-state index in [9.17, 15) is 0 Å². The van der Waals surface area contributed by atoms with Crippen molar-refractivity contribution in [1.82, 2.24) is 0 Å². The molecule has 1 aromatic rings. The first-order valence-corrected chi connectivity index (χ1v) is 7.64. The third-order valence-corrected chi connectivity index (χ3v) is 3.94. The summed E-state index contributed by atoms with van der Waals surface area (Å²) in [4.78, 5) is 0. The van der Waals surface area contributed by atoms with Crippen LogP contribution in [0.3, 0.4) is 0 Å². The van der Waals surface area contributed by atoms with E-state index in [0.717, 1.165) is 24.2 Å². The number of hydrogen-bond donors (Lipinski definition) is 0. The molecule has 0 radical (unpaired) electrons. The molecule has 0 saturated heterocycles. The second kappa shape index (κ2) is 7.61. The molecule has 102 valence electrons.